The molecule has 0 aliphatic heterocycles. The fourth-order valence-electron chi connectivity index (χ4n) is 2.86. The molecule has 0 saturated carbocycles. The molecule has 3 rings (SSSR count). The van der Waals surface area contributed by atoms with Crippen LogP contribution in [0.1, 0.15) is 35.9 Å². The fraction of sp³-hybridized carbons (Fsp3) is 0.438. The SMILES string of the molecule is Cc1c(CCC(C)F)c(C)n2nc(Cl)nc(NCc3ccsn3)c12. The lowest BCUT2D eigenvalue weighted by Gasteiger charge is -2.07. The smallest absolute Gasteiger partial charge is 0.243 e. The Morgan fingerprint density at radius 1 is 1.42 bits per heavy atom. The molecule has 0 fully saturated rings. The van der Waals surface area contributed by atoms with Crippen molar-refractivity contribution in [3.63, 3.8) is 0 Å². The van der Waals surface area contributed by atoms with Crippen LogP contribution < -0.4 is 5.32 Å². The van der Waals surface area contributed by atoms with Gasteiger partial charge in [-0.2, -0.15) is 9.36 Å². The number of fused-ring (bicyclic) bond motifs is 1. The van der Waals surface area contributed by atoms with E-state index in [1.807, 2.05) is 25.3 Å². The van der Waals surface area contributed by atoms with Crippen molar-refractivity contribution in [2.45, 2.75) is 46.3 Å². The molecule has 3 heterocycles. The molecule has 1 unspecified atom stereocenters. The van der Waals surface area contributed by atoms with E-state index in [-0.39, 0.29) is 5.28 Å². The second-order valence-corrected chi connectivity index (χ2v) is 6.85. The third-order valence-corrected chi connectivity index (χ3v) is 4.86. The molecule has 1 atom stereocenters. The predicted octanol–water partition coefficient (Wildman–Crippen LogP) is 4.36. The predicted molar refractivity (Wildman–Crippen MR) is 95.8 cm³/mol. The number of hydrogen-bond donors (Lipinski definition) is 1. The lowest BCUT2D eigenvalue weighted by atomic mass is 10.0. The van der Waals surface area contributed by atoms with Crippen LogP contribution in [-0.2, 0) is 13.0 Å². The molecule has 3 aromatic heterocycles. The second-order valence-electron chi connectivity index (χ2n) is 5.84. The van der Waals surface area contributed by atoms with Gasteiger partial charge in [0, 0.05) is 11.1 Å². The first kappa shape index (κ1) is 17.1. The Morgan fingerprint density at radius 2 is 2.21 bits per heavy atom. The van der Waals surface area contributed by atoms with Gasteiger partial charge in [-0.1, -0.05) is 0 Å². The first-order chi connectivity index (χ1) is 11.5. The van der Waals surface area contributed by atoms with Crippen LogP contribution in [0.4, 0.5) is 10.2 Å². The lowest BCUT2D eigenvalue weighted by Crippen LogP contribution is -2.06. The van der Waals surface area contributed by atoms with E-state index in [1.165, 1.54) is 11.5 Å². The molecule has 0 saturated heterocycles. The minimum Gasteiger partial charge on any atom is -0.362 e. The monoisotopic (exact) mass is 367 g/mol. The molecule has 5 nitrogen and oxygen atoms in total. The van der Waals surface area contributed by atoms with Gasteiger partial charge in [0.1, 0.15) is 5.52 Å². The van der Waals surface area contributed by atoms with Crippen molar-refractivity contribution in [3.8, 4) is 0 Å². The van der Waals surface area contributed by atoms with E-state index in [9.17, 15) is 4.39 Å². The topological polar surface area (TPSA) is 55.1 Å². The van der Waals surface area contributed by atoms with Gasteiger partial charge in [-0.3, -0.25) is 0 Å². The number of nitrogens with one attached hydrogen (secondary N) is 1. The summed E-state index contributed by atoms with van der Waals surface area (Å²) in [6, 6.07) is 1.96. The van der Waals surface area contributed by atoms with Crippen molar-refractivity contribution in [2.24, 2.45) is 0 Å². The number of halogens is 2. The summed E-state index contributed by atoms with van der Waals surface area (Å²) < 4.78 is 19.3. The number of aryl methyl sites for hydroxylation is 2. The highest BCUT2D eigenvalue weighted by Gasteiger charge is 2.18. The fourth-order valence-corrected chi connectivity index (χ4v) is 3.56. The maximum absolute atomic E-state index is 13.3. The summed E-state index contributed by atoms with van der Waals surface area (Å²) in [6.45, 7) is 6.14. The Labute approximate surface area is 149 Å². The van der Waals surface area contributed by atoms with Gasteiger partial charge in [0.15, 0.2) is 5.82 Å². The summed E-state index contributed by atoms with van der Waals surface area (Å²) in [5, 5.41) is 9.71. The highest BCUT2D eigenvalue weighted by Crippen LogP contribution is 2.29. The molecule has 0 amide bonds. The highest BCUT2D eigenvalue weighted by atomic mass is 35.5. The molecule has 3 aromatic rings. The number of aromatic nitrogens is 4. The Morgan fingerprint density at radius 3 is 2.88 bits per heavy atom. The summed E-state index contributed by atoms with van der Waals surface area (Å²) in [5.41, 5.74) is 4.97. The summed E-state index contributed by atoms with van der Waals surface area (Å²) >= 11 is 7.50. The number of alkyl halides is 1. The normalized spacial score (nSPS) is 12.7. The molecule has 0 radical (unpaired) electrons. The molecular formula is C16H19ClFN5S. The van der Waals surface area contributed by atoms with Crippen LogP contribution in [0.2, 0.25) is 5.28 Å². The zero-order valence-electron chi connectivity index (χ0n) is 13.8. The summed E-state index contributed by atoms with van der Waals surface area (Å²) in [5.74, 6) is 0.670. The Bertz CT molecular complexity index is 844. The van der Waals surface area contributed by atoms with Gasteiger partial charge >= 0.3 is 0 Å². The Kier molecular flexibility index (Phi) is 5.01. The number of rotatable bonds is 6. The molecular weight excluding hydrogens is 349 g/mol. The third-order valence-electron chi connectivity index (χ3n) is 4.11. The van der Waals surface area contributed by atoms with Gasteiger partial charge in [0.25, 0.3) is 0 Å². The van der Waals surface area contributed by atoms with Gasteiger partial charge in [0.05, 0.1) is 18.4 Å². The van der Waals surface area contributed by atoms with Crippen LogP contribution in [-0.4, -0.2) is 25.1 Å². The minimum absolute atomic E-state index is 0.173. The van der Waals surface area contributed by atoms with Crippen LogP contribution in [0.3, 0.4) is 0 Å². The number of anilines is 1. The lowest BCUT2D eigenvalue weighted by molar-refractivity contribution is 0.341. The molecule has 8 heteroatoms. The van der Waals surface area contributed by atoms with Crippen LogP contribution in [0.5, 0.6) is 0 Å². The van der Waals surface area contributed by atoms with Gasteiger partial charge in [-0.05, 0) is 73.9 Å². The molecule has 24 heavy (non-hydrogen) atoms. The van der Waals surface area contributed by atoms with E-state index in [1.54, 1.807) is 11.4 Å². The van der Waals surface area contributed by atoms with E-state index in [0.29, 0.717) is 25.2 Å². The third kappa shape index (κ3) is 3.37. The van der Waals surface area contributed by atoms with Crippen molar-refractivity contribution in [2.75, 3.05) is 5.32 Å². The first-order valence-electron chi connectivity index (χ1n) is 7.79. The van der Waals surface area contributed by atoms with Gasteiger partial charge in [0.2, 0.25) is 5.28 Å². The van der Waals surface area contributed by atoms with Gasteiger partial charge in [-0.25, -0.2) is 8.91 Å². The van der Waals surface area contributed by atoms with Crippen molar-refractivity contribution in [1.29, 1.82) is 0 Å². The molecule has 0 aliphatic carbocycles. The number of nitrogens with zero attached hydrogens (tertiary/aromatic N) is 4. The summed E-state index contributed by atoms with van der Waals surface area (Å²) in [6.07, 6.45) is 0.326. The Balaban J connectivity index is 2.00. The van der Waals surface area contributed by atoms with E-state index in [4.69, 9.17) is 11.6 Å². The maximum atomic E-state index is 13.3. The van der Waals surface area contributed by atoms with E-state index < -0.39 is 6.17 Å². The molecule has 128 valence electrons. The van der Waals surface area contributed by atoms with Crippen molar-refractivity contribution in [1.82, 2.24) is 19.0 Å². The summed E-state index contributed by atoms with van der Waals surface area (Å²) in [7, 11) is 0. The Hall–Kier alpha value is -1.73. The van der Waals surface area contributed by atoms with Crippen molar-refractivity contribution >= 4 is 34.5 Å². The average molecular weight is 368 g/mol. The highest BCUT2D eigenvalue weighted by molar-refractivity contribution is 7.03. The van der Waals surface area contributed by atoms with E-state index >= 15 is 0 Å². The maximum Gasteiger partial charge on any atom is 0.243 e. The second kappa shape index (κ2) is 7.03. The zero-order valence-corrected chi connectivity index (χ0v) is 15.4. The van der Waals surface area contributed by atoms with Crippen molar-refractivity contribution < 1.29 is 4.39 Å². The molecule has 0 aliphatic rings. The minimum atomic E-state index is -0.830. The van der Waals surface area contributed by atoms with E-state index in [0.717, 1.165) is 28.0 Å². The number of hydrogen-bond acceptors (Lipinski definition) is 5. The zero-order chi connectivity index (χ0) is 17.3. The quantitative estimate of drug-likeness (QED) is 0.703. The molecule has 0 bridgehead atoms. The molecule has 1 N–H and O–H groups in total. The van der Waals surface area contributed by atoms with E-state index in [2.05, 4.69) is 19.8 Å². The van der Waals surface area contributed by atoms with Crippen LogP contribution in [0.15, 0.2) is 11.4 Å². The first-order valence-corrected chi connectivity index (χ1v) is 9.00. The van der Waals surface area contributed by atoms with Gasteiger partial charge < -0.3 is 5.32 Å². The van der Waals surface area contributed by atoms with Gasteiger partial charge in [-0.15, -0.1) is 5.10 Å². The average Bonchev–Trinajstić information content (AvgIpc) is 3.12. The van der Waals surface area contributed by atoms with Crippen molar-refractivity contribution in [3.05, 3.63) is 39.2 Å². The van der Waals surface area contributed by atoms with Crippen LogP contribution in [0.25, 0.3) is 5.52 Å². The van der Waals surface area contributed by atoms with Crippen LogP contribution >= 0.6 is 23.1 Å². The molecule has 0 spiro atoms. The van der Waals surface area contributed by atoms with Crippen LogP contribution in [0, 0.1) is 13.8 Å². The largest absolute Gasteiger partial charge is 0.362 e. The molecule has 0 aromatic carbocycles. The summed E-state index contributed by atoms with van der Waals surface area (Å²) in [4.78, 5) is 4.34. The standard InChI is InChI=1S/C16H19ClFN5S/c1-9(18)4-5-13-10(2)14-15(19-8-12-6-7-24-22-12)20-16(17)21-23(14)11(13)3/h6-7,9H,4-5,8H2,1-3H3,(H,19,20,21).